The number of hydrogen-bond acceptors (Lipinski definition) is 2. The third-order valence-electron chi connectivity index (χ3n) is 2.58. The lowest BCUT2D eigenvalue weighted by atomic mass is 9.87. The molecule has 0 saturated heterocycles. The first-order chi connectivity index (χ1) is 8.58. The number of benzene rings is 1. The van der Waals surface area contributed by atoms with Crippen molar-refractivity contribution < 1.29 is 9.53 Å². The Kier molecular flexibility index (Phi) is 4.61. The second-order valence-electron chi connectivity index (χ2n) is 6.86. The first-order valence-electron chi connectivity index (χ1n) is 6.62. The molecular weight excluding hydrogens is 238 g/mol. The molecule has 1 aromatic carbocycles. The van der Waals surface area contributed by atoms with Crippen molar-refractivity contribution in [2.75, 3.05) is 6.61 Å². The van der Waals surface area contributed by atoms with Gasteiger partial charge in [-0.05, 0) is 43.9 Å². The lowest BCUT2D eigenvalue weighted by Crippen LogP contribution is -2.43. The van der Waals surface area contributed by atoms with Gasteiger partial charge in [0.15, 0.2) is 6.61 Å². The molecule has 3 heteroatoms. The molecule has 1 rings (SSSR count). The summed E-state index contributed by atoms with van der Waals surface area (Å²) in [6, 6.07) is 7.89. The van der Waals surface area contributed by atoms with Crippen molar-refractivity contribution in [2.24, 2.45) is 0 Å². The fourth-order valence-electron chi connectivity index (χ4n) is 1.66. The third-order valence-corrected chi connectivity index (χ3v) is 2.58. The monoisotopic (exact) mass is 263 g/mol. The van der Waals surface area contributed by atoms with Crippen molar-refractivity contribution in [3.05, 3.63) is 29.8 Å². The van der Waals surface area contributed by atoms with Gasteiger partial charge in [0.25, 0.3) is 5.91 Å². The quantitative estimate of drug-likeness (QED) is 0.909. The SMILES string of the molecule is CC(C)(C)NC(=O)COc1cccc(C(C)(C)C)c1. The lowest BCUT2D eigenvalue weighted by Gasteiger charge is -2.21. The molecule has 0 aromatic heterocycles. The van der Waals surface area contributed by atoms with Gasteiger partial charge in [0.05, 0.1) is 0 Å². The Morgan fingerprint density at radius 2 is 1.79 bits per heavy atom. The number of ether oxygens (including phenoxy) is 1. The van der Waals surface area contributed by atoms with E-state index in [2.05, 4.69) is 32.2 Å². The molecular formula is C16H25NO2. The molecule has 106 valence electrons. The minimum absolute atomic E-state index is 0.0465. The fraction of sp³-hybridized carbons (Fsp3) is 0.562. The smallest absolute Gasteiger partial charge is 0.258 e. The number of carbonyl (C=O) groups is 1. The molecule has 0 unspecified atom stereocenters. The molecule has 0 aliphatic carbocycles. The van der Waals surface area contributed by atoms with E-state index in [0.717, 1.165) is 5.75 Å². The summed E-state index contributed by atoms with van der Waals surface area (Å²) >= 11 is 0. The average molecular weight is 263 g/mol. The zero-order valence-corrected chi connectivity index (χ0v) is 12.8. The molecule has 0 saturated carbocycles. The van der Waals surface area contributed by atoms with Crippen molar-refractivity contribution >= 4 is 5.91 Å². The van der Waals surface area contributed by atoms with Crippen LogP contribution in [-0.4, -0.2) is 18.1 Å². The van der Waals surface area contributed by atoms with Crippen LogP contribution in [0.4, 0.5) is 0 Å². The second kappa shape index (κ2) is 5.64. The molecule has 0 atom stereocenters. The normalized spacial score (nSPS) is 12.1. The van der Waals surface area contributed by atoms with E-state index in [1.165, 1.54) is 5.56 Å². The standard InChI is InChI=1S/C16H25NO2/c1-15(2,3)12-8-7-9-13(10-12)19-11-14(18)17-16(4,5)6/h7-10H,11H2,1-6H3,(H,17,18). The molecule has 1 aromatic rings. The molecule has 1 amide bonds. The van der Waals surface area contributed by atoms with Crippen LogP contribution in [0.5, 0.6) is 5.75 Å². The molecule has 0 fully saturated rings. The van der Waals surface area contributed by atoms with Gasteiger partial charge in [-0.3, -0.25) is 4.79 Å². The Labute approximate surface area is 116 Å². The predicted octanol–water partition coefficient (Wildman–Crippen LogP) is 3.28. The Morgan fingerprint density at radius 1 is 1.16 bits per heavy atom. The van der Waals surface area contributed by atoms with E-state index in [1.807, 2.05) is 39.0 Å². The van der Waals surface area contributed by atoms with Gasteiger partial charge in [0, 0.05) is 5.54 Å². The molecule has 0 aliphatic rings. The van der Waals surface area contributed by atoms with Crippen molar-refractivity contribution in [3.63, 3.8) is 0 Å². The van der Waals surface area contributed by atoms with Crippen LogP contribution in [-0.2, 0) is 10.2 Å². The zero-order chi connectivity index (χ0) is 14.7. The van der Waals surface area contributed by atoms with Crippen LogP contribution < -0.4 is 10.1 Å². The van der Waals surface area contributed by atoms with Crippen LogP contribution >= 0.6 is 0 Å². The Bertz CT molecular complexity index is 439. The van der Waals surface area contributed by atoms with Crippen molar-refractivity contribution in [1.82, 2.24) is 5.32 Å². The van der Waals surface area contributed by atoms with Crippen LogP contribution in [0.2, 0.25) is 0 Å². The van der Waals surface area contributed by atoms with E-state index < -0.39 is 0 Å². The van der Waals surface area contributed by atoms with E-state index in [4.69, 9.17) is 4.74 Å². The van der Waals surface area contributed by atoms with Gasteiger partial charge in [0.2, 0.25) is 0 Å². The molecule has 3 nitrogen and oxygen atoms in total. The van der Waals surface area contributed by atoms with Crippen LogP contribution in [0.25, 0.3) is 0 Å². The third kappa shape index (κ3) is 5.77. The number of rotatable bonds is 3. The van der Waals surface area contributed by atoms with Gasteiger partial charge in [-0.2, -0.15) is 0 Å². The lowest BCUT2D eigenvalue weighted by molar-refractivity contribution is -0.124. The maximum Gasteiger partial charge on any atom is 0.258 e. The molecule has 0 radical (unpaired) electrons. The van der Waals surface area contributed by atoms with Crippen molar-refractivity contribution in [2.45, 2.75) is 52.5 Å². The van der Waals surface area contributed by atoms with Crippen molar-refractivity contribution in [1.29, 1.82) is 0 Å². The minimum Gasteiger partial charge on any atom is -0.484 e. The molecule has 0 spiro atoms. The van der Waals surface area contributed by atoms with E-state index >= 15 is 0 Å². The van der Waals surface area contributed by atoms with Crippen molar-refractivity contribution in [3.8, 4) is 5.75 Å². The maximum absolute atomic E-state index is 11.7. The van der Waals surface area contributed by atoms with Crippen LogP contribution in [0, 0.1) is 0 Å². The van der Waals surface area contributed by atoms with Crippen LogP contribution in [0.3, 0.4) is 0 Å². The summed E-state index contributed by atoms with van der Waals surface area (Å²) in [5.41, 5.74) is 1.04. The minimum atomic E-state index is -0.228. The molecule has 0 bridgehead atoms. The summed E-state index contributed by atoms with van der Waals surface area (Å²) in [7, 11) is 0. The van der Waals surface area contributed by atoms with E-state index in [9.17, 15) is 4.79 Å². The van der Waals surface area contributed by atoms with E-state index in [-0.39, 0.29) is 23.5 Å². The van der Waals surface area contributed by atoms with Gasteiger partial charge < -0.3 is 10.1 Å². The number of nitrogens with one attached hydrogen (secondary N) is 1. The fourth-order valence-corrected chi connectivity index (χ4v) is 1.66. The second-order valence-corrected chi connectivity index (χ2v) is 6.86. The Balaban J connectivity index is 2.62. The number of carbonyl (C=O) groups excluding carboxylic acids is 1. The van der Waals surface area contributed by atoms with Gasteiger partial charge in [-0.15, -0.1) is 0 Å². The highest BCUT2D eigenvalue weighted by Crippen LogP contribution is 2.25. The number of hydrogen-bond donors (Lipinski definition) is 1. The van der Waals surface area contributed by atoms with Gasteiger partial charge in [-0.25, -0.2) is 0 Å². The average Bonchev–Trinajstić information content (AvgIpc) is 2.23. The summed E-state index contributed by atoms with van der Waals surface area (Å²) in [5, 5.41) is 2.87. The zero-order valence-electron chi connectivity index (χ0n) is 12.8. The summed E-state index contributed by atoms with van der Waals surface area (Å²) in [6.07, 6.45) is 0. The summed E-state index contributed by atoms with van der Waals surface area (Å²) in [4.78, 5) is 11.7. The predicted molar refractivity (Wildman–Crippen MR) is 78.5 cm³/mol. The first kappa shape index (κ1) is 15.5. The first-order valence-corrected chi connectivity index (χ1v) is 6.62. The maximum atomic E-state index is 11.7. The van der Waals surface area contributed by atoms with Crippen LogP contribution in [0.1, 0.15) is 47.1 Å². The highest BCUT2D eigenvalue weighted by molar-refractivity contribution is 5.78. The molecule has 0 heterocycles. The summed E-state index contributed by atoms with van der Waals surface area (Å²) in [6.45, 7) is 12.3. The highest BCUT2D eigenvalue weighted by atomic mass is 16.5. The van der Waals surface area contributed by atoms with E-state index in [0.29, 0.717) is 0 Å². The van der Waals surface area contributed by atoms with E-state index in [1.54, 1.807) is 0 Å². The largest absolute Gasteiger partial charge is 0.484 e. The summed E-state index contributed by atoms with van der Waals surface area (Å²) < 4.78 is 5.54. The van der Waals surface area contributed by atoms with Gasteiger partial charge >= 0.3 is 0 Å². The number of amides is 1. The molecule has 1 N–H and O–H groups in total. The highest BCUT2D eigenvalue weighted by Gasteiger charge is 2.16. The summed E-state index contributed by atoms with van der Waals surface area (Å²) in [5.74, 6) is 0.630. The van der Waals surface area contributed by atoms with Gasteiger partial charge in [-0.1, -0.05) is 32.9 Å². The molecule has 19 heavy (non-hydrogen) atoms. The Hall–Kier alpha value is -1.51. The Morgan fingerprint density at radius 3 is 2.32 bits per heavy atom. The molecule has 0 aliphatic heterocycles. The topological polar surface area (TPSA) is 38.3 Å². The van der Waals surface area contributed by atoms with Gasteiger partial charge in [0.1, 0.15) is 5.75 Å². The van der Waals surface area contributed by atoms with Crippen LogP contribution in [0.15, 0.2) is 24.3 Å².